The molecule has 0 aliphatic carbocycles. The van der Waals surface area contributed by atoms with Crippen LogP contribution in [0.3, 0.4) is 0 Å². The van der Waals surface area contributed by atoms with Crippen LogP contribution >= 0.6 is 0 Å². The Hall–Kier alpha value is -0.890. The van der Waals surface area contributed by atoms with E-state index in [4.69, 9.17) is 18.9 Å². The van der Waals surface area contributed by atoms with Gasteiger partial charge in [0.1, 0.15) is 67.1 Å². The maximum absolute atomic E-state index is 10.6. The fraction of sp³-hybridized carbons (Fsp3) is 0.944. The van der Waals surface area contributed by atoms with E-state index in [0.717, 1.165) is 0 Å². The lowest BCUT2D eigenvalue weighted by Crippen LogP contribution is -2.64. The number of aldehydes is 1. The smallest absolute Gasteiger partial charge is 0.187 e. The SMILES string of the molecule is C[C@@H]1O[C@H](O[C@@H]2[C@@H](O)[C@H](OC[C@@H](O)[C@@H](O)[C@H](O)[C@@H](O)C=O)O[C@H](CO)[C@H]2O)[C@H](O)[C@H](O)[C@H]1O. The average molecular weight is 488 g/mol. The Labute approximate surface area is 187 Å². The molecule has 194 valence electrons. The van der Waals surface area contributed by atoms with Gasteiger partial charge in [0.2, 0.25) is 0 Å². The summed E-state index contributed by atoms with van der Waals surface area (Å²) in [5.41, 5.74) is 0. The maximum Gasteiger partial charge on any atom is 0.187 e. The lowest BCUT2D eigenvalue weighted by molar-refractivity contribution is -0.359. The number of hydrogen-bond acceptors (Lipinski definition) is 15. The van der Waals surface area contributed by atoms with Gasteiger partial charge < -0.3 is 74.8 Å². The monoisotopic (exact) mass is 488 g/mol. The normalized spacial score (nSPS) is 43.5. The Balaban J connectivity index is 2.06. The summed E-state index contributed by atoms with van der Waals surface area (Å²) in [6, 6.07) is 0. The van der Waals surface area contributed by atoms with Crippen molar-refractivity contribution in [2.75, 3.05) is 13.2 Å². The highest BCUT2D eigenvalue weighted by atomic mass is 16.7. The molecule has 0 aromatic carbocycles. The molecule has 33 heavy (non-hydrogen) atoms. The molecule has 15 heteroatoms. The van der Waals surface area contributed by atoms with Crippen LogP contribution in [0.2, 0.25) is 0 Å². The van der Waals surface area contributed by atoms with Crippen molar-refractivity contribution in [3.63, 3.8) is 0 Å². The van der Waals surface area contributed by atoms with Crippen LogP contribution in [-0.2, 0) is 23.7 Å². The number of carbonyl (C=O) groups excluding carboxylic acids is 1. The number of ether oxygens (including phenoxy) is 4. The Morgan fingerprint density at radius 1 is 0.848 bits per heavy atom. The van der Waals surface area contributed by atoms with Crippen molar-refractivity contribution < 1.29 is 74.8 Å². The van der Waals surface area contributed by atoms with Crippen LogP contribution < -0.4 is 0 Å². The second kappa shape index (κ2) is 12.2. The van der Waals surface area contributed by atoms with E-state index < -0.39 is 99.0 Å². The van der Waals surface area contributed by atoms with Gasteiger partial charge in [-0.1, -0.05) is 0 Å². The number of aliphatic hydroxyl groups excluding tert-OH is 10. The van der Waals surface area contributed by atoms with Gasteiger partial charge >= 0.3 is 0 Å². The average Bonchev–Trinajstić information content (AvgIpc) is 2.81. The van der Waals surface area contributed by atoms with Crippen molar-refractivity contribution in [2.45, 2.75) is 92.8 Å². The van der Waals surface area contributed by atoms with Gasteiger partial charge in [0.25, 0.3) is 0 Å². The van der Waals surface area contributed by atoms with Crippen LogP contribution in [0.1, 0.15) is 6.92 Å². The summed E-state index contributed by atoms with van der Waals surface area (Å²) in [6.45, 7) is -0.177. The maximum atomic E-state index is 10.6. The van der Waals surface area contributed by atoms with Gasteiger partial charge in [-0.25, -0.2) is 0 Å². The number of hydrogen-bond donors (Lipinski definition) is 10. The fourth-order valence-corrected chi connectivity index (χ4v) is 3.43. The van der Waals surface area contributed by atoms with Gasteiger partial charge in [0, 0.05) is 0 Å². The first-order valence-corrected chi connectivity index (χ1v) is 10.2. The molecule has 0 bridgehead atoms. The Morgan fingerprint density at radius 2 is 1.48 bits per heavy atom. The summed E-state index contributed by atoms with van der Waals surface area (Å²) >= 11 is 0. The van der Waals surface area contributed by atoms with Gasteiger partial charge in [-0.2, -0.15) is 0 Å². The van der Waals surface area contributed by atoms with Crippen molar-refractivity contribution >= 4 is 6.29 Å². The van der Waals surface area contributed by atoms with Gasteiger partial charge in [-0.05, 0) is 6.92 Å². The lowest BCUT2D eigenvalue weighted by atomic mass is 9.97. The first-order valence-electron chi connectivity index (χ1n) is 10.2. The molecule has 0 unspecified atom stereocenters. The molecule has 0 spiro atoms. The minimum atomic E-state index is -2.03. The van der Waals surface area contributed by atoms with Crippen molar-refractivity contribution in [1.29, 1.82) is 0 Å². The Morgan fingerprint density at radius 3 is 2.06 bits per heavy atom. The standard InChI is InChI=1S/C18H32O15/c1-5-9(23)13(27)14(28)18(31-5)33-16-12(26)8(3-20)32-17(15(16)29)30-4-7(22)11(25)10(24)6(21)2-19/h2,5-18,20-29H,3-4H2,1H3/t5-,6-,7+,8+,9-,10+,11+,12+,13+,14+,15+,16-,17+,18+/m0/s1. The van der Waals surface area contributed by atoms with Crippen LogP contribution in [0.5, 0.6) is 0 Å². The molecule has 10 N–H and O–H groups in total. The van der Waals surface area contributed by atoms with E-state index in [1.54, 1.807) is 0 Å². The fourth-order valence-electron chi connectivity index (χ4n) is 3.43. The predicted molar refractivity (Wildman–Crippen MR) is 101 cm³/mol. The van der Waals surface area contributed by atoms with Crippen molar-refractivity contribution in [1.82, 2.24) is 0 Å². The quantitative estimate of drug-likeness (QED) is 0.128. The van der Waals surface area contributed by atoms with Crippen molar-refractivity contribution in [2.24, 2.45) is 0 Å². The molecular formula is C18H32O15. The molecule has 15 nitrogen and oxygen atoms in total. The molecule has 2 aliphatic heterocycles. The first-order chi connectivity index (χ1) is 15.4. The third kappa shape index (κ3) is 6.41. The van der Waals surface area contributed by atoms with Gasteiger partial charge in [0.05, 0.1) is 19.3 Å². The summed E-state index contributed by atoms with van der Waals surface area (Å²) in [6.07, 6.45) is -23.5. The third-order valence-corrected chi connectivity index (χ3v) is 5.59. The van der Waals surface area contributed by atoms with Crippen LogP contribution in [0, 0.1) is 0 Å². The third-order valence-electron chi connectivity index (χ3n) is 5.59. The summed E-state index contributed by atoms with van der Waals surface area (Å²) in [7, 11) is 0. The topological polar surface area (TPSA) is 256 Å². The predicted octanol–water partition coefficient (Wildman–Crippen LogP) is -6.70. The zero-order chi connectivity index (χ0) is 25.0. The van der Waals surface area contributed by atoms with Gasteiger partial charge in [0.15, 0.2) is 18.9 Å². The number of aliphatic hydroxyl groups is 10. The van der Waals surface area contributed by atoms with E-state index in [2.05, 4.69) is 0 Å². The summed E-state index contributed by atoms with van der Waals surface area (Å²) in [5.74, 6) is 0. The Bertz CT molecular complexity index is 609. The molecule has 2 fully saturated rings. The zero-order valence-corrected chi connectivity index (χ0v) is 17.6. The minimum Gasteiger partial charge on any atom is -0.394 e. The largest absolute Gasteiger partial charge is 0.394 e. The molecule has 0 amide bonds. The number of carbonyl (C=O) groups is 1. The van der Waals surface area contributed by atoms with Crippen molar-refractivity contribution in [3.8, 4) is 0 Å². The van der Waals surface area contributed by atoms with Gasteiger partial charge in [-0.15, -0.1) is 0 Å². The molecule has 2 heterocycles. The molecule has 2 saturated heterocycles. The van der Waals surface area contributed by atoms with E-state index in [0.29, 0.717) is 0 Å². The van der Waals surface area contributed by atoms with Crippen LogP contribution in [0.25, 0.3) is 0 Å². The van der Waals surface area contributed by atoms with E-state index in [9.17, 15) is 55.9 Å². The van der Waals surface area contributed by atoms with Crippen LogP contribution in [0.15, 0.2) is 0 Å². The molecule has 0 saturated carbocycles. The highest BCUT2D eigenvalue weighted by Gasteiger charge is 2.50. The molecule has 0 aromatic heterocycles. The van der Waals surface area contributed by atoms with E-state index in [1.165, 1.54) is 6.92 Å². The molecule has 2 rings (SSSR count). The van der Waals surface area contributed by atoms with Gasteiger partial charge in [-0.3, -0.25) is 0 Å². The summed E-state index contributed by atoms with van der Waals surface area (Å²) < 4.78 is 21.1. The Kier molecular flexibility index (Phi) is 10.5. The minimum absolute atomic E-state index is 0.0524. The second-order valence-corrected chi connectivity index (χ2v) is 8.00. The van der Waals surface area contributed by atoms with E-state index >= 15 is 0 Å². The van der Waals surface area contributed by atoms with E-state index in [1.807, 2.05) is 0 Å². The first kappa shape index (κ1) is 28.3. The van der Waals surface area contributed by atoms with Crippen LogP contribution in [-0.4, -0.2) is 156 Å². The molecule has 14 atom stereocenters. The molecule has 2 aliphatic rings. The second-order valence-electron chi connectivity index (χ2n) is 8.00. The van der Waals surface area contributed by atoms with Crippen LogP contribution in [0.4, 0.5) is 0 Å². The summed E-state index contributed by atoms with van der Waals surface area (Å²) in [5, 5.41) is 98.7. The van der Waals surface area contributed by atoms with Crippen molar-refractivity contribution in [3.05, 3.63) is 0 Å². The zero-order valence-electron chi connectivity index (χ0n) is 17.6. The lowest BCUT2D eigenvalue weighted by Gasteiger charge is -2.45. The highest BCUT2D eigenvalue weighted by molar-refractivity contribution is 5.56. The number of rotatable bonds is 10. The highest BCUT2D eigenvalue weighted by Crippen LogP contribution is 2.29. The molecule has 0 aromatic rings. The van der Waals surface area contributed by atoms with E-state index in [-0.39, 0.29) is 6.29 Å². The summed E-state index contributed by atoms with van der Waals surface area (Å²) in [4.78, 5) is 10.5. The molecule has 0 radical (unpaired) electrons. The molecular weight excluding hydrogens is 456 g/mol.